The predicted octanol–water partition coefficient (Wildman–Crippen LogP) is 3.68. The van der Waals surface area contributed by atoms with Gasteiger partial charge < -0.3 is 5.73 Å². The summed E-state index contributed by atoms with van der Waals surface area (Å²) in [6.45, 7) is 0. The van der Waals surface area contributed by atoms with E-state index in [2.05, 4.69) is 0 Å². The lowest BCUT2D eigenvalue weighted by Crippen LogP contribution is -2.13. The Morgan fingerprint density at radius 3 is 1.70 bits per heavy atom. The molecule has 3 nitrogen and oxygen atoms in total. The highest BCUT2D eigenvalue weighted by Crippen LogP contribution is 2.28. The van der Waals surface area contributed by atoms with Crippen molar-refractivity contribution < 1.29 is 9.59 Å². The molecule has 1 amide bonds. The van der Waals surface area contributed by atoms with Crippen LogP contribution in [0.4, 0.5) is 0 Å². The Balaban J connectivity index is 2.17. The number of nitrogens with two attached hydrogens (primary N) is 1. The Bertz CT molecular complexity index is 870. The van der Waals surface area contributed by atoms with Gasteiger partial charge >= 0.3 is 0 Å². The van der Waals surface area contributed by atoms with Gasteiger partial charge in [-0.15, -0.1) is 0 Å². The Kier molecular flexibility index (Phi) is 4.02. The minimum atomic E-state index is -0.512. The van der Waals surface area contributed by atoms with Crippen molar-refractivity contribution in [1.82, 2.24) is 0 Å². The molecule has 0 aliphatic carbocycles. The molecule has 3 aromatic carbocycles. The monoisotopic (exact) mass is 301 g/mol. The Morgan fingerprint density at radius 2 is 1.09 bits per heavy atom. The fourth-order valence-electron chi connectivity index (χ4n) is 2.59. The van der Waals surface area contributed by atoms with E-state index in [0.29, 0.717) is 27.8 Å². The summed E-state index contributed by atoms with van der Waals surface area (Å²) in [7, 11) is 0. The lowest BCUT2D eigenvalue weighted by Gasteiger charge is -2.11. The summed E-state index contributed by atoms with van der Waals surface area (Å²) in [6.07, 6.45) is 0. The van der Waals surface area contributed by atoms with E-state index < -0.39 is 5.91 Å². The summed E-state index contributed by atoms with van der Waals surface area (Å²) in [4.78, 5) is 24.5. The van der Waals surface area contributed by atoms with Crippen LogP contribution < -0.4 is 5.73 Å². The first-order valence-electron chi connectivity index (χ1n) is 7.26. The second-order valence-corrected chi connectivity index (χ2v) is 5.15. The Hall–Kier alpha value is -3.20. The van der Waals surface area contributed by atoms with Crippen LogP contribution in [0, 0.1) is 0 Å². The number of primary amides is 1. The van der Waals surface area contributed by atoms with E-state index in [4.69, 9.17) is 5.73 Å². The number of ketones is 1. The molecule has 0 saturated carbocycles. The number of hydrogen-bond donors (Lipinski definition) is 1. The van der Waals surface area contributed by atoms with Gasteiger partial charge in [-0.1, -0.05) is 72.8 Å². The van der Waals surface area contributed by atoms with Crippen molar-refractivity contribution in [2.75, 3.05) is 0 Å². The van der Waals surface area contributed by atoms with E-state index in [1.807, 2.05) is 42.5 Å². The fraction of sp³-hybridized carbons (Fsp3) is 0. The van der Waals surface area contributed by atoms with E-state index >= 15 is 0 Å². The first-order chi connectivity index (χ1) is 11.2. The minimum Gasteiger partial charge on any atom is -0.366 e. The lowest BCUT2D eigenvalue weighted by molar-refractivity contribution is 0.0998. The molecule has 0 heterocycles. The predicted molar refractivity (Wildman–Crippen MR) is 90.3 cm³/mol. The smallest absolute Gasteiger partial charge is 0.249 e. The van der Waals surface area contributed by atoms with Crippen LogP contribution in [0.2, 0.25) is 0 Å². The van der Waals surface area contributed by atoms with Gasteiger partial charge in [-0.05, 0) is 17.2 Å². The molecule has 0 bridgehead atoms. The van der Waals surface area contributed by atoms with E-state index in [1.165, 1.54) is 0 Å². The van der Waals surface area contributed by atoms with Crippen molar-refractivity contribution in [1.29, 1.82) is 0 Å². The average Bonchev–Trinajstić information content (AvgIpc) is 2.62. The highest BCUT2D eigenvalue weighted by molar-refractivity contribution is 6.14. The molecule has 0 radical (unpaired) electrons. The third-order valence-electron chi connectivity index (χ3n) is 3.69. The fourth-order valence-corrected chi connectivity index (χ4v) is 2.59. The van der Waals surface area contributed by atoms with Gasteiger partial charge in [0.1, 0.15) is 0 Å². The van der Waals surface area contributed by atoms with Crippen LogP contribution in [0.1, 0.15) is 26.3 Å². The Labute approximate surface area is 134 Å². The SMILES string of the molecule is NC(=O)c1ccccc1-c1ccccc1C(=O)c1ccccc1. The number of amides is 1. The van der Waals surface area contributed by atoms with Gasteiger partial charge in [0.05, 0.1) is 0 Å². The third kappa shape index (κ3) is 2.90. The maximum atomic E-state index is 12.8. The van der Waals surface area contributed by atoms with Crippen LogP contribution in [0.3, 0.4) is 0 Å². The first-order valence-corrected chi connectivity index (χ1v) is 7.26. The molecule has 0 saturated heterocycles. The van der Waals surface area contributed by atoms with Crippen molar-refractivity contribution in [3.8, 4) is 11.1 Å². The molecule has 3 heteroatoms. The highest BCUT2D eigenvalue weighted by Gasteiger charge is 2.17. The summed E-state index contributed by atoms with van der Waals surface area (Å²) in [5, 5.41) is 0. The number of rotatable bonds is 4. The lowest BCUT2D eigenvalue weighted by atomic mass is 9.91. The second-order valence-electron chi connectivity index (χ2n) is 5.15. The van der Waals surface area contributed by atoms with E-state index in [0.717, 1.165) is 0 Å². The molecule has 0 spiro atoms. The summed E-state index contributed by atoms with van der Waals surface area (Å²) in [6, 6.07) is 23.4. The molecule has 0 aliphatic rings. The van der Waals surface area contributed by atoms with E-state index in [1.54, 1.807) is 36.4 Å². The maximum Gasteiger partial charge on any atom is 0.249 e. The summed E-state index contributed by atoms with van der Waals surface area (Å²) in [5.41, 5.74) is 8.40. The van der Waals surface area contributed by atoms with Crippen LogP contribution in [0.25, 0.3) is 11.1 Å². The second kappa shape index (κ2) is 6.28. The molecule has 0 unspecified atom stereocenters. The molecule has 23 heavy (non-hydrogen) atoms. The number of carbonyl (C=O) groups is 2. The van der Waals surface area contributed by atoms with E-state index in [9.17, 15) is 9.59 Å². The summed E-state index contributed by atoms with van der Waals surface area (Å²) >= 11 is 0. The van der Waals surface area contributed by atoms with Crippen molar-refractivity contribution in [3.63, 3.8) is 0 Å². The number of benzene rings is 3. The number of carbonyl (C=O) groups excluding carboxylic acids is 2. The summed E-state index contributed by atoms with van der Waals surface area (Å²) in [5.74, 6) is -0.594. The van der Waals surface area contributed by atoms with Crippen molar-refractivity contribution in [2.45, 2.75) is 0 Å². The van der Waals surface area contributed by atoms with Gasteiger partial charge in [-0.2, -0.15) is 0 Å². The Morgan fingerprint density at radius 1 is 0.609 bits per heavy atom. The number of hydrogen-bond acceptors (Lipinski definition) is 2. The standard InChI is InChI=1S/C20H15NO2/c21-20(23)18-13-7-5-11-16(18)15-10-4-6-12-17(15)19(22)14-8-2-1-3-9-14/h1-13H,(H2,21,23). The molecule has 0 fully saturated rings. The van der Waals surface area contributed by atoms with E-state index in [-0.39, 0.29) is 5.78 Å². The molecular formula is C20H15NO2. The molecule has 3 aromatic rings. The molecule has 0 aliphatic heterocycles. The van der Waals surface area contributed by atoms with Gasteiger partial charge in [0, 0.05) is 16.7 Å². The third-order valence-corrected chi connectivity index (χ3v) is 3.69. The molecule has 2 N–H and O–H groups in total. The zero-order chi connectivity index (χ0) is 16.2. The van der Waals surface area contributed by atoms with Gasteiger partial charge in [-0.25, -0.2) is 0 Å². The largest absolute Gasteiger partial charge is 0.366 e. The van der Waals surface area contributed by atoms with Crippen LogP contribution >= 0.6 is 0 Å². The minimum absolute atomic E-state index is 0.0829. The quantitative estimate of drug-likeness (QED) is 0.747. The van der Waals surface area contributed by atoms with Crippen molar-refractivity contribution >= 4 is 11.7 Å². The zero-order valence-electron chi connectivity index (χ0n) is 12.4. The van der Waals surface area contributed by atoms with Crippen LogP contribution in [0.15, 0.2) is 78.9 Å². The highest BCUT2D eigenvalue weighted by atomic mass is 16.1. The average molecular weight is 301 g/mol. The molecule has 112 valence electrons. The maximum absolute atomic E-state index is 12.8. The molecule has 0 atom stereocenters. The molecule has 3 rings (SSSR count). The first kappa shape index (κ1) is 14.7. The van der Waals surface area contributed by atoms with Crippen molar-refractivity contribution in [3.05, 3.63) is 95.6 Å². The van der Waals surface area contributed by atoms with Crippen LogP contribution in [-0.4, -0.2) is 11.7 Å². The van der Waals surface area contributed by atoms with Crippen molar-refractivity contribution in [2.24, 2.45) is 5.73 Å². The molecule has 0 aromatic heterocycles. The topological polar surface area (TPSA) is 60.2 Å². The van der Waals surface area contributed by atoms with Gasteiger partial charge in [-0.3, -0.25) is 9.59 Å². The normalized spacial score (nSPS) is 10.3. The van der Waals surface area contributed by atoms with Gasteiger partial charge in [0.2, 0.25) is 5.91 Å². The molecular weight excluding hydrogens is 286 g/mol. The summed E-state index contributed by atoms with van der Waals surface area (Å²) < 4.78 is 0. The van der Waals surface area contributed by atoms with Crippen LogP contribution in [-0.2, 0) is 0 Å². The van der Waals surface area contributed by atoms with Crippen LogP contribution in [0.5, 0.6) is 0 Å². The van der Waals surface area contributed by atoms with Gasteiger partial charge in [0.15, 0.2) is 5.78 Å². The zero-order valence-corrected chi connectivity index (χ0v) is 12.4. The van der Waals surface area contributed by atoms with Gasteiger partial charge in [0.25, 0.3) is 0 Å².